The van der Waals surface area contributed by atoms with E-state index in [1.54, 1.807) is 0 Å². The monoisotopic (exact) mass is 260 g/mol. The summed E-state index contributed by atoms with van der Waals surface area (Å²) in [6, 6.07) is 4.37. The van der Waals surface area contributed by atoms with Crippen LogP contribution in [-0.2, 0) is 11.2 Å². The topological polar surface area (TPSA) is 32.3 Å². The Kier molecular flexibility index (Phi) is 4.25. The number of anilines is 1. The van der Waals surface area contributed by atoms with Crippen LogP contribution < -0.4 is 10.2 Å². The van der Waals surface area contributed by atoms with E-state index >= 15 is 0 Å². The standard InChI is InChI=1S/C16H24N2O/c1-11-8-12(2)14-6-5-7-18(15(14)9-11)16(19)13(3)10-17-4/h8-9,13,17H,5-7,10H2,1-4H3. The molecular weight excluding hydrogens is 236 g/mol. The predicted molar refractivity (Wildman–Crippen MR) is 79.7 cm³/mol. The number of hydrogen-bond donors (Lipinski definition) is 1. The van der Waals surface area contributed by atoms with E-state index < -0.39 is 0 Å². The van der Waals surface area contributed by atoms with Gasteiger partial charge in [0, 0.05) is 24.7 Å². The van der Waals surface area contributed by atoms with Gasteiger partial charge in [0.25, 0.3) is 0 Å². The van der Waals surface area contributed by atoms with Crippen LogP contribution in [0.1, 0.15) is 30.0 Å². The summed E-state index contributed by atoms with van der Waals surface area (Å²) in [4.78, 5) is 14.5. The summed E-state index contributed by atoms with van der Waals surface area (Å²) in [5.74, 6) is 0.261. The summed E-state index contributed by atoms with van der Waals surface area (Å²) in [7, 11) is 1.89. The molecule has 1 amide bonds. The Balaban J connectivity index is 2.34. The second-order valence-electron chi connectivity index (χ2n) is 5.63. The van der Waals surface area contributed by atoms with Gasteiger partial charge in [0.05, 0.1) is 0 Å². The van der Waals surface area contributed by atoms with Gasteiger partial charge in [-0.2, -0.15) is 0 Å². The van der Waals surface area contributed by atoms with Gasteiger partial charge < -0.3 is 10.2 Å². The lowest BCUT2D eigenvalue weighted by Gasteiger charge is -2.32. The molecule has 1 unspecified atom stereocenters. The molecule has 0 fully saturated rings. The van der Waals surface area contributed by atoms with Crippen molar-refractivity contribution in [2.45, 2.75) is 33.6 Å². The molecule has 3 nitrogen and oxygen atoms in total. The third kappa shape index (κ3) is 2.81. The molecule has 1 N–H and O–H groups in total. The molecule has 0 spiro atoms. The van der Waals surface area contributed by atoms with Crippen LogP contribution in [0.15, 0.2) is 12.1 Å². The van der Waals surface area contributed by atoms with E-state index in [4.69, 9.17) is 0 Å². The highest BCUT2D eigenvalue weighted by Crippen LogP contribution is 2.31. The van der Waals surface area contributed by atoms with Crippen molar-refractivity contribution in [1.82, 2.24) is 5.32 Å². The highest BCUT2D eigenvalue weighted by atomic mass is 16.2. The molecule has 1 atom stereocenters. The van der Waals surface area contributed by atoms with Gasteiger partial charge in [-0.1, -0.05) is 13.0 Å². The lowest BCUT2D eigenvalue weighted by Crippen LogP contribution is -2.41. The Morgan fingerprint density at radius 3 is 2.84 bits per heavy atom. The number of nitrogens with one attached hydrogen (secondary N) is 1. The van der Waals surface area contributed by atoms with Gasteiger partial charge in [0.15, 0.2) is 0 Å². The lowest BCUT2D eigenvalue weighted by atomic mass is 9.94. The molecule has 0 saturated heterocycles. The van der Waals surface area contributed by atoms with Gasteiger partial charge in [-0.15, -0.1) is 0 Å². The molecule has 0 saturated carbocycles. The smallest absolute Gasteiger partial charge is 0.231 e. The Bertz CT molecular complexity index is 482. The first-order chi connectivity index (χ1) is 9.04. The minimum absolute atomic E-state index is 0.0248. The Morgan fingerprint density at radius 2 is 2.16 bits per heavy atom. The molecule has 0 aliphatic carbocycles. The average Bonchev–Trinajstić information content (AvgIpc) is 2.37. The molecule has 0 radical (unpaired) electrons. The first-order valence-corrected chi connectivity index (χ1v) is 7.10. The van der Waals surface area contributed by atoms with Gasteiger partial charge in [0.1, 0.15) is 0 Å². The summed E-state index contributed by atoms with van der Waals surface area (Å²) >= 11 is 0. The SMILES string of the molecule is CNCC(C)C(=O)N1CCCc2c(C)cc(C)cc21. The second-order valence-corrected chi connectivity index (χ2v) is 5.63. The molecule has 19 heavy (non-hydrogen) atoms. The van der Waals surface area contributed by atoms with Crippen molar-refractivity contribution in [2.75, 3.05) is 25.0 Å². The number of nitrogens with zero attached hydrogens (tertiary/aromatic N) is 1. The molecular formula is C16H24N2O. The summed E-state index contributed by atoms with van der Waals surface area (Å²) in [5, 5.41) is 3.09. The van der Waals surface area contributed by atoms with Crippen LogP contribution in [0.5, 0.6) is 0 Å². The molecule has 0 aromatic heterocycles. The summed E-state index contributed by atoms with van der Waals surface area (Å²) in [5.41, 5.74) is 5.03. The number of aryl methyl sites for hydroxylation is 2. The lowest BCUT2D eigenvalue weighted by molar-refractivity contribution is -0.121. The molecule has 1 aliphatic heterocycles. The number of hydrogen-bond acceptors (Lipinski definition) is 2. The number of rotatable bonds is 3. The molecule has 2 rings (SSSR count). The largest absolute Gasteiger partial charge is 0.319 e. The second kappa shape index (κ2) is 5.74. The van der Waals surface area contributed by atoms with E-state index in [0.717, 1.165) is 31.6 Å². The molecule has 104 valence electrons. The van der Waals surface area contributed by atoms with Crippen LogP contribution in [0.2, 0.25) is 0 Å². The average molecular weight is 260 g/mol. The van der Waals surface area contributed by atoms with Crippen molar-refractivity contribution >= 4 is 11.6 Å². The van der Waals surface area contributed by atoms with Gasteiger partial charge in [-0.05, 0) is 56.5 Å². The third-order valence-corrected chi connectivity index (χ3v) is 3.89. The number of carbonyl (C=O) groups excluding carboxylic acids is 1. The molecule has 1 aliphatic rings. The molecule has 0 bridgehead atoms. The van der Waals surface area contributed by atoms with Crippen molar-refractivity contribution in [3.05, 3.63) is 28.8 Å². The van der Waals surface area contributed by atoms with E-state index in [2.05, 4.69) is 31.3 Å². The van der Waals surface area contributed by atoms with E-state index in [-0.39, 0.29) is 11.8 Å². The van der Waals surface area contributed by atoms with Crippen molar-refractivity contribution < 1.29 is 4.79 Å². The molecule has 3 heteroatoms. The normalized spacial score (nSPS) is 16.1. The van der Waals surface area contributed by atoms with E-state index in [0.29, 0.717) is 0 Å². The van der Waals surface area contributed by atoms with Crippen LogP contribution >= 0.6 is 0 Å². The zero-order valence-electron chi connectivity index (χ0n) is 12.4. The fraction of sp³-hybridized carbons (Fsp3) is 0.562. The van der Waals surface area contributed by atoms with Crippen molar-refractivity contribution in [3.63, 3.8) is 0 Å². The minimum Gasteiger partial charge on any atom is -0.319 e. The summed E-state index contributed by atoms with van der Waals surface area (Å²) in [6.07, 6.45) is 2.15. The van der Waals surface area contributed by atoms with Crippen molar-refractivity contribution in [1.29, 1.82) is 0 Å². The fourth-order valence-electron chi connectivity index (χ4n) is 2.96. The Morgan fingerprint density at radius 1 is 1.42 bits per heavy atom. The number of carbonyl (C=O) groups is 1. The number of benzene rings is 1. The van der Waals surface area contributed by atoms with Crippen LogP contribution in [0, 0.1) is 19.8 Å². The number of amides is 1. The highest BCUT2D eigenvalue weighted by molar-refractivity contribution is 5.96. The maximum atomic E-state index is 12.6. The van der Waals surface area contributed by atoms with E-state index in [1.165, 1.54) is 16.7 Å². The number of fused-ring (bicyclic) bond motifs is 1. The zero-order chi connectivity index (χ0) is 14.0. The Hall–Kier alpha value is -1.35. The van der Waals surface area contributed by atoms with Crippen LogP contribution in [0.3, 0.4) is 0 Å². The first kappa shape index (κ1) is 14.1. The maximum Gasteiger partial charge on any atom is 0.231 e. The van der Waals surface area contributed by atoms with E-state index in [9.17, 15) is 4.79 Å². The summed E-state index contributed by atoms with van der Waals surface area (Å²) in [6.45, 7) is 7.83. The van der Waals surface area contributed by atoms with Crippen molar-refractivity contribution in [3.8, 4) is 0 Å². The quantitative estimate of drug-likeness (QED) is 0.905. The van der Waals surface area contributed by atoms with Crippen LogP contribution in [0.25, 0.3) is 0 Å². The zero-order valence-corrected chi connectivity index (χ0v) is 12.4. The highest BCUT2D eigenvalue weighted by Gasteiger charge is 2.26. The van der Waals surface area contributed by atoms with Crippen LogP contribution in [0.4, 0.5) is 5.69 Å². The van der Waals surface area contributed by atoms with Gasteiger partial charge >= 0.3 is 0 Å². The predicted octanol–water partition coefficient (Wildman–Crippen LogP) is 2.44. The first-order valence-electron chi connectivity index (χ1n) is 7.10. The molecule has 1 aromatic carbocycles. The minimum atomic E-state index is 0.0248. The Labute approximate surface area is 116 Å². The maximum absolute atomic E-state index is 12.6. The molecule has 1 aromatic rings. The van der Waals surface area contributed by atoms with Crippen molar-refractivity contribution in [2.24, 2.45) is 5.92 Å². The van der Waals surface area contributed by atoms with Crippen LogP contribution in [-0.4, -0.2) is 26.0 Å². The van der Waals surface area contributed by atoms with Gasteiger partial charge in [-0.3, -0.25) is 4.79 Å². The fourth-order valence-corrected chi connectivity index (χ4v) is 2.96. The van der Waals surface area contributed by atoms with Gasteiger partial charge in [0.2, 0.25) is 5.91 Å². The van der Waals surface area contributed by atoms with Gasteiger partial charge in [-0.25, -0.2) is 0 Å². The summed E-state index contributed by atoms with van der Waals surface area (Å²) < 4.78 is 0. The molecule has 1 heterocycles. The third-order valence-electron chi connectivity index (χ3n) is 3.89. The van der Waals surface area contributed by atoms with E-state index in [1.807, 2.05) is 18.9 Å².